The second-order valence-electron chi connectivity index (χ2n) is 4.09. The Morgan fingerprint density at radius 3 is 2.71 bits per heavy atom. The molecular formula is C12H13N5. The van der Waals surface area contributed by atoms with Crippen molar-refractivity contribution in [3.63, 3.8) is 0 Å². The Morgan fingerprint density at radius 1 is 1.29 bits per heavy atom. The minimum absolute atomic E-state index is 0.487. The van der Waals surface area contributed by atoms with E-state index in [0.717, 1.165) is 28.1 Å². The van der Waals surface area contributed by atoms with E-state index in [-0.39, 0.29) is 0 Å². The third-order valence-corrected chi connectivity index (χ3v) is 2.99. The maximum atomic E-state index is 5.87. The molecule has 5 heteroatoms. The minimum Gasteiger partial charge on any atom is -0.382 e. The van der Waals surface area contributed by atoms with Gasteiger partial charge in [0.15, 0.2) is 5.82 Å². The zero-order valence-electron chi connectivity index (χ0n) is 9.73. The van der Waals surface area contributed by atoms with Crippen LogP contribution in [0.3, 0.4) is 0 Å². The number of aryl methyl sites for hydroxylation is 2. The van der Waals surface area contributed by atoms with E-state index >= 15 is 0 Å². The van der Waals surface area contributed by atoms with E-state index in [4.69, 9.17) is 5.73 Å². The predicted octanol–water partition coefficient (Wildman–Crippen LogP) is 1.85. The fourth-order valence-electron chi connectivity index (χ4n) is 2.10. The summed E-state index contributed by atoms with van der Waals surface area (Å²) in [4.78, 5) is 4.60. The van der Waals surface area contributed by atoms with Crippen LogP contribution in [0.2, 0.25) is 0 Å². The fourth-order valence-corrected chi connectivity index (χ4v) is 2.10. The smallest absolute Gasteiger partial charge is 0.156 e. The van der Waals surface area contributed by atoms with E-state index in [0.29, 0.717) is 5.82 Å². The Balaban J connectivity index is 2.35. The molecule has 0 aliphatic carbocycles. The van der Waals surface area contributed by atoms with E-state index in [2.05, 4.69) is 15.2 Å². The highest BCUT2D eigenvalue weighted by atomic mass is 15.2. The molecule has 1 aromatic carbocycles. The molecule has 0 atom stereocenters. The first-order valence-electron chi connectivity index (χ1n) is 5.40. The van der Waals surface area contributed by atoms with Gasteiger partial charge in [0.2, 0.25) is 0 Å². The molecule has 86 valence electrons. The zero-order valence-corrected chi connectivity index (χ0v) is 9.73. The van der Waals surface area contributed by atoms with Gasteiger partial charge in [0, 0.05) is 12.7 Å². The van der Waals surface area contributed by atoms with Gasteiger partial charge in [0.05, 0.1) is 16.6 Å². The van der Waals surface area contributed by atoms with Crippen molar-refractivity contribution in [3.05, 3.63) is 30.0 Å². The van der Waals surface area contributed by atoms with Crippen molar-refractivity contribution >= 4 is 16.9 Å². The van der Waals surface area contributed by atoms with Gasteiger partial charge in [0.1, 0.15) is 5.82 Å². The number of H-pyrrole nitrogens is 1. The number of hydrogen-bond donors (Lipinski definition) is 2. The summed E-state index contributed by atoms with van der Waals surface area (Å²) in [5, 5.41) is 6.88. The Kier molecular flexibility index (Phi) is 1.95. The molecule has 5 nitrogen and oxygen atoms in total. The lowest BCUT2D eigenvalue weighted by atomic mass is 10.2. The molecule has 3 N–H and O–H groups in total. The molecule has 0 aliphatic heterocycles. The number of para-hydroxylation sites is 2. The van der Waals surface area contributed by atoms with Gasteiger partial charge < -0.3 is 10.3 Å². The van der Waals surface area contributed by atoms with Crippen LogP contribution in [0.15, 0.2) is 24.3 Å². The second-order valence-corrected chi connectivity index (χ2v) is 4.09. The molecule has 3 rings (SSSR count). The van der Waals surface area contributed by atoms with E-state index in [1.807, 2.05) is 42.8 Å². The van der Waals surface area contributed by atoms with Crippen molar-refractivity contribution in [2.75, 3.05) is 5.73 Å². The summed E-state index contributed by atoms with van der Waals surface area (Å²) >= 11 is 0. The van der Waals surface area contributed by atoms with Crippen LogP contribution >= 0.6 is 0 Å². The van der Waals surface area contributed by atoms with Gasteiger partial charge in [0.25, 0.3) is 0 Å². The van der Waals surface area contributed by atoms with Gasteiger partial charge in [-0.05, 0) is 19.1 Å². The molecule has 0 saturated carbocycles. The molecule has 0 aliphatic rings. The molecule has 0 saturated heterocycles. The third-order valence-electron chi connectivity index (χ3n) is 2.99. The number of aromatic amines is 1. The van der Waals surface area contributed by atoms with Crippen molar-refractivity contribution in [1.82, 2.24) is 19.7 Å². The quantitative estimate of drug-likeness (QED) is 0.666. The number of fused-ring (bicyclic) bond motifs is 1. The largest absolute Gasteiger partial charge is 0.382 e. The lowest BCUT2D eigenvalue weighted by Gasteiger charge is -2.01. The molecule has 17 heavy (non-hydrogen) atoms. The molecule has 0 amide bonds. The first kappa shape index (κ1) is 9.89. The summed E-state index contributed by atoms with van der Waals surface area (Å²) in [6.07, 6.45) is 0. The minimum atomic E-state index is 0.487. The second kappa shape index (κ2) is 3.35. The number of hydrogen-bond acceptors (Lipinski definition) is 3. The molecule has 0 bridgehead atoms. The van der Waals surface area contributed by atoms with Crippen LogP contribution < -0.4 is 5.73 Å². The van der Waals surface area contributed by atoms with E-state index in [1.54, 1.807) is 0 Å². The van der Waals surface area contributed by atoms with Crippen LogP contribution in [0, 0.1) is 6.92 Å². The number of imidazole rings is 1. The summed E-state index contributed by atoms with van der Waals surface area (Å²) in [6.45, 7) is 1.94. The summed E-state index contributed by atoms with van der Waals surface area (Å²) in [6, 6.07) is 8.01. The number of nitrogen functional groups attached to an aromatic ring is 1. The topological polar surface area (TPSA) is 72.5 Å². The first-order chi connectivity index (χ1) is 8.18. The van der Waals surface area contributed by atoms with Gasteiger partial charge in [-0.25, -0.2) is 4.98 Å². The van der Waals surface area contributed by atoms with Gasteiger partial charge >= 0.3 is 0 Å². The van der Waals surface area contributed by atoms with E-state index < -0.39 is 0 Å². The zero-order chi connectivity index (χ0) is 12.0. The highest BCUT2D eigenvalue weighted by Gasteiger charge is 2.16. The fraction of sp³-hybridized carbons (Fsp3) is 0.167. The lowest BCUT2D eigenvalue weighted by molar-refractivity contribution is 0.957. The molecule has 3 aromatic rings. The van der Waals surface area contributed by atoms with Crippen LogP contribution in [0.25, 0.3) is 22.4 Å². The first-order valence-corrected chi connectivity index (χ1v) is 5.40. The average Bonchev–Trinajstić information content (AvgIpc) is 2.82. The average molecular weight is 227 g/mol. The van der Waals surface area contributed by atoms with Crippen LogP contribution in [0.1, 0.15) is 5.69 Å². The normalized spacial score (nSPS) is 11.2. The Morgan fingerprint density at radius 2 is 2.06 bits per heavy atom. The van der Waals surface area contributed by atoms with Gasteiger partial charge in [-0.15, -0.1) is 0 Å². The molecule has 0 unspecified atom stereocenters. The Bertz CT molecular complexity index is 673. The number of benzene rings is 1. The van der Waals surface area contributed by atoms with Gasteiger partial charge in [-0.1, -0.05) is 12.1 Å². The van der Waals surface area contributed by atoms with Crippen molar-refractivity contribution in [2.45, 2.75) is 6.92 Å². The standard InChI is InChI=1S/C12H13N5/c1-7-10(11(13)16-15-7)12-14-8-5-3-4-6-9(8)17(12)2/h3-6H,1-2H3,(H3,13,15,16). The van der Waals surface area contributed by atoms with Gasteiger partial charge in [-0.2, -0.15) is 5.10 Å². The number of anilines is 1. The Labute approximate surface area is 98.3 Å². The maximum Gasteiger partial charge on any atom is 0.156 e. The highest BCUT2D eigenvalue weighted by molar-refractivity contribution is 5.83. The Hall–Kier alpha value is -2.30. The molecular weight excluding hydrogens is 214 g/mol. The van der Waals surface area contributed by atoms with Crippen LogP contribution in [0.5, 0.6) is 0 Å². The van der Waals surface area contributed by atoms with Crippen LogP contribution in [0.4, 0.5) is 5.82 Å². The molecule has 0 spiro atoms. The number of nitrogens with two attached hydrogens (primary N) is 1. The number of nitrogens with zero attached hydrogens (tertiary/aromatic N) is 3. The summed E-state index contributed by atoms with van der Waals surface area (Å²) in [5.74, 6) is 1.33. The molecule has 0 fully saturated rings. The van der Waals surface area contributed by atoms with Gasteiger partial charge in [-0.3, -0.25) is 5.10 Å². The maximum absolute atomic E-state index is 5.87. The summed E-state index contributed by atoms with van der Waals surface area (Å²) in [5.41, 5.74) is 9.73. The molecule has 2 aromatic heterocycles. The van der Waals surface area contributed by atoms with Crippen LogP contribution in [-0.2, 0) is 7.05 Å². The highest BCUT2D eigenvalue weighted by Crippen LogP contribution is 2.28. The van der Waals surface area contributed by atoms with Crippen molar-refractivity contribution in [2.24, 2.45) is 7.05 Å². The molecule has 2 heterocycles. The summed E-state index contributed by atoms with van der Waals surface area (Å²) in [7, 11) is 1.98. The van der Waals surface area contributed by atoms with Crippen molar-refractivity contribution in [3.8, 4) is 11.4 Å². The van der Waals surface area contributed by atoms with Crippen molar-refractivity contribution < 1.29 is 0 Å². The third kappa shape index (κ3) is 1.32. The van der Waals surface area contributed by atoms with Crippen molar-refractivity contribution in [1.29, 1.82) is 0 Å². The van der Waals surface area contributed by atoms with Crippen LogP contribution in [-0.4, -0.2) is 19.7 Å². The SMILES string of the molecule is Cc1[nH]nc(N)c1-c1nc2ccccc2n1C. The lowest BCUT2D eigenvalue weighted by Crippen LogP contribution is -1.96. The summed E-state index contributed by atoms with van der Waals surface area (Å²) < 4.78 is 2.03. The van der Waals surface area contributed by atoms with E-state index in [1.165, 1.54) is 0 Å². The number of nitrogens with one attached hydrogen (secondary N) is 1. The predicted molar refractivity (Wildman–Crippen MR) is 67.4 cm³/mol. The monoisotopic (exact) mass is 227 g/mol. The molecule has 0 radical (unpaired) electrons. The van der Waals surface area contributed by atoms with E-state index in [9.17, 15) is 0 Å². The number of aromatic nitrogens is 4. The number of rotatable bonds is 1.